The summed E-state index contributed by atoms with van der Waals surface area (Å²) in [5.41, 5.74) is 0. The smallest absolute Gasteiger partial charge is 0.154 e. The van der Waals surface area contributed by atoms with Crippen LogP contribution in [0.15, 0.2) is 0 Å². The van der Waals surface area contributed by atoms with Gasteiger partial charge in [0.05, 0.1) is 4.75 Å². The van der Waals surface area contributed by atoms with Crippen molar-refractivity contribution in [3.8, 4) is 0 Å². The minimum Gasteiger partial charge on any atom is -0.381 e. The third-order valence-corrected chi connectivity index (χ3v) is 7.63. The summed E-state index contributed by atoms with van der Waals surface area (Å²) in [7, 11) is -3.06. The van der Waals surface area contributed by atoms with Gasteiger partial charge >= 0.3 is 0 Å². The molecule has 0 radical (unpaired) electrons. The van der Waals surface area contributed by atoms with Crippen LogP contribution in [0.2, 0.25) is 0 Å². The molecule has 0 bridgehead atoms. The van der Waals surface area contributed by atoms with Crippen LogP contribution in [0, 0.1) is 11.8 Å². The van der Waals surface area contributed by atoms with Gasteiger partial charge in [-0.1, -0.05) is 13.8 Å². The highest BCUT2D eigenvalue weighted by Crippen LogP contribution is 2.32. The summed E-state index contributed by atoms with van der Waals surface area (Å²) in [6.07, 6.45) is 6.20. The summed E-state index contributed by atoms with van der Waals surface area (Å²) in [5, 5.41) is 3.55. The lowest BCUT2D eigenvalue weighted by atomic mass is 9.79. The van der Waals surface area contributed by atoms with Crippen molar-refractivity contribution in [3.05, 3.63) is 0 Å². The molecule has 1 aliphatic heterocycles. The lowest BCUT2D eigenvalue weighted by Gasteiger charge is -2.39. The molecule has 0 aromatic rings. The molecule has 20 heavy (non-hydrogen) atoms. The first-order chi connectivity index (χ1) is 9.34. The number of rotatable bonds is 4. The molecular weight excluding hydrogens is 274 g/mol. The molecule has 2 fully saturated rings. The molecule has 2 aliphatic rings. The standard InChI is InChI=1S/C15H29NO3S/c1-12-4-5-14(10-13(12)2)16-11-15(20(3,17)18)6-8-19-9-7-15/h12-14,16H,4-11H2,1-3H3/t12-,13+,14+/m1/s1. The van der Waals surface area contributed by atoms with Crippen molar-refractivity contribution in [2.75, 3.05) is 26.0 Å². The second-order valence-electron chi connectivity index (χ2n) is 6.91. The van der Waals surface area contributed by atoms with Gasteiger partial charge in [0.15, 0.2) is 9.84 Å². The zero-order valence-corrected chi connectivity index (χ0v) is 13.8. The predicted molar refractivity (Wildman–Crippen MR) is 81.6 cm³/mol. The highest BCUT2D eigenvalue weighted by atomic mass is 32.2. The van der Waals surface area contributed by atoms with Crippen molar-refractivity contribution < 1.29 is 13.2 Å². The van der Waals surface area contributed by atoms with Crippen LogP contribution in [0.1, 0.15) is 46.0 Å². The fraction of sp³-hybridized carbons (Fsp3) is 1.00. The van der Waals surface area contributed by atoms with Crippen LogP contribution in [0.4, 0.5) is 0 Å². The van der Waals surface area contributed by atoms with E-state index in [1.54, 1.807) is 0 Å². The first kappa shape index (κ1) is 16.2. The molecular formula is C15H29NO3S. The van der Waals surface area contributed by atoms with E-state index in [0.717, 1.165) is 18.3 Å². The Morgan fingerprint density at radius 3 is 2.35 bits per heavy atom. The summed E-state index contributed by atoms with van der Waals surface area (Å²) in [5.74, 6) is 1.52. The maximum Gasteiger partial charge on any atom is 0.154 e. The largest absolute Gasteiger partial charge is 0.381 e. The maximum atomic E-state index is 12.2. The predicted octanol–water partition coefficient (Wildman–Crippen LogP) is 1.99. The zero-order valence-electron chi connectivity index (χ0n) is 13.0. The third-order valence-electron chi connectivity index (χ3n) is 5.50. The van der Waals surface area contributed by atoms with Crippen molar-refractivity contribution >= 4 is 9.84 Å². The summed E-state index contributed by atoms with van der Waals surface area (Å²) >= 11 is 0. The van der Waals surface area contributed by atoms with E-state index in [-0.39, 0.29) is 0 Å². The van der Waals surface area contributed by atoms with E-state index in [1.807, 2.05) is 0 Å². The molecule has 118 valence electrons. The fourth-order valence-electron chi connectivity index (χ4n) is 3.49. The Morgan fingerprint density at radius 1 is 1.15 bits per heavy atom. The van der Waals surface area contributed by atoms with Gasteiger partial charge in [-0.3, -0.25) is 0 Å². The number of hydrogen-bond donors (Lipinski definition) is 1. The van der Waals surface area contributed by atoms with E-state index in [9.17, 15) is 8.42 Å². The molecule has 1 saturated heterocycles. The first-order valence-corrected chi connectivity index (χ1v) is 9.74. The van der Waals surface area contributed by atoms with E-state index in [1.165, 1.54) is 19.1 Å². The van der Waals surface area contributed by atoms with Crippen molar-refractivity contribution in [1.82, 2.24) is 5.32 Å². The van der Waals surface area contributed by atoms with E-state index in [4.69, 9.17) is 4.74 Å². The molecule has 3 atom stereocenters. The highest BCUT2D eigenvalue weighted by Gasteiger charge is 2.42. The van der Waals surface area contributed by atoms with Crippen LogP contribution in [-0.2, 0) is 14.6 Å². The van der Waals surface area contributed by atoms with E-state index in [0.29, 0.717) is 38.6 Å². The normalized spacial score (nSPS) is 34.9. The van der Waals surface area contributed by atoms with Crippen molar-refractivity contribution in [2.24, 2.45) is 11.8 Å². The summed E-state index contributed by atoms with van der Waals surface area (Å²) in [4.78, 5) is 0. The lowest BCUT2D eigenvalue weighted by molar-refractivity contribution is 0.0726. The quantitative estimate of drug-likeness (QED) is 0.863. The Kier molecular flexibility index (Phi) is 5.14. The van der Waals surface area contributed by atoms with Crippen LogP contribution in [0.3, 0.4) is 0 Å². The molecule has 0 aromatic carbocycles. The molecule has 5 heteroatoms. The Morgan fingerprint density at radius 2 is 1.80 bits per heavy atom. The van der Waals surface area contributed by atoms with Gasteiger partial charge < -0.3 is 10.1 Å². The van der Waals surface area contributed by atoms with Gasteiger partial charge in [0, 0.05) is 32.1 Å². The van der Waals surface area contributed by atoms with Crippen LogP contribution in [0.5, 0.6) is 0 Å². The third kappa shape index (κ3) is 3.55. The van der Waals surface area contributed by atoms with Crippen LogP contribution in [0.25, 0.3) is 0 Å². The molecule has 4 nitrogen and oxygen atoms in total. The number of sulfone groups is 1. The number of nitrogens with one attached hydrogen (secondary N) is 1. The topological polar surface area (TPSA) is 55.4 Å². The number of ether oxygens (including phenoxy) is 1. The van der Waals surface area contributed by atoms with Gasteiger partial charge in [-0.05, 0) is 43.9 Å². The Labute approximate surface area is 123 Å². The lowest BCUT2D eigenvalue weighted by Crippen LogP contribution is -2.53. The minimum atomic E-state index is -3.06. The Bertz CT molecular complexity index is 415. The molecule has 2 rings (SSSR count). The maximum absolute atomic E-state index is 12.2. The second-order valence-corrected chi connectivity index (χ2v) is 9.32. The van der Waals surface area contributed by atoms with Gasteiger partial charge in [0.1, 0.15) is 0 Å². The number of hydrogen-bond acceptors (Lipinski definition) is 4. The van der Waals surface area contributed by atoms with E-state index < -0.39 is 14.6 Å². The molecule has 0 amide bonds. The Balaban J connectivity index is 1.96. The highest BCUT2D eigenvalue weighted by molar-refractivity contribution is 7.92. The van der Waals surface area contributed by atoms with Crippen molar-refractivity contribution in [3.63, 3.8) is 0 Å². The summed E-state index contributed by atoms with van der Waals surface area (Å²) in [6.45, 7) is 6.33. The monoisotopic (exact) mass is 303 g/mol. The fourth-order valence-corrected chi connectivity index (χ4v) is 4.74. The minimum absolute atomic E-state index is 0.475. The molecule has 1 aliphatic carbocycles. The van der Waals surface area contributed by atoms with Gasteiger partial charge in [-0.2, -0.15) is 0 Å². The first-order valence-electron chi connectivity index (χ1n) is 7.85. The molecule has 1 N–H and O–H groups in total. The van der Waals surface area contributed by atoms with Gasteiger partial charge in [0.2, 0.25) is 0 Å². The summed E-state index contributed by atoms with van der Waals surface area (Å²) < 4.78 is 29.1. The SMILES string of the molecule is C[C@@H]1CC[C@H](NCC2(S(C)(=O)=O)CCOCC2)C[C@@H]1C. The second kappa shape index (κ2) is 6.32. The molecule has 1 heterocycles. The van der Waals surface area contributed by atoms with E-state index in [2.05, 4.69) is 19.2 Å². The average Bonchev–Trinajstić information content (AvgIpc) is 2.40. The van der Waals surface area contributed by atoms with Crippen LogP contribution in [-0.4, -0.2) is 45.2 Å². The average molecular weight is 303 g/mol. The van der Waals surface area contributed by atoms with Crippen molar-refractivity contribution in [2.45, 2.75) is 56.7 Å². The van der Waals surface area contributed by atoms with Crippen molar-refractivity contribution in [1.29, 1.82) is 0 Å². The Hall–Kier alpha value is -0.130. The van der Waals surface area contributed by atoms with Crippen LogP contribution >= 0.6 is 0 Å². The van der Waals surface area contributed by atoms with Gasteiger partial charge in [-0.25, -0.2) is 8.42 Å². The van der Waals surface area contributed by atoms with Crippen LogP contribution < -0.4 is 5.32 Å². The molecule has 0 spiro atoms. The van der Waals surface area contributed by atoms with Gasteiger partial charge in [0.25, 0.3) is 0 Å². The van der Waals surface area contributed by atoms with E-state index >= 15 is 0 Å². The molecule has 1 saturated carbocycles. The molecule has 0 unspecified atom stereocenters. The molecule has 0 aromatic heterocycles. The zero-order chi connectivity index (χ0) is 14.8. The summed E-state index contributed by atoms with van der Waals surface area (Å²) in [6, 6.07) is 0.475. The van der Waals surface area contributed by atoms with Gasteiger partial charge in [-0.15, -0.1) is 0 Å².